The second kappa shape index (κ2) is 10.6. The van der Waals surface area contributed by atoms with E-state index >= 15 is 0 Å². The predicted molar refractivity (Wildman–Crippen MR) is 110 cm³/mol. The average Bonchev–Trinajstić information content (AvgIpc) is 2.58. The maximum atomic E-state index is 6.11. The number of methoxy groups -OCH3 is 1. The van der Waals surface area contributed by atoms with Crippen LogP contribution in [0.3, 0.4) is 0 Å². The lowest BCUT2D eigenvalue weighted by atomic mass is 10.00. The van der Waals surface area contributed by atoms with Crippen molar-refractivity contribution in [2.24, 2.45) is 22.6 Å². The second-order valence-electron chi connectivity index (χ2n) is 6.44. The van der Waals surface area contributed by atoms with E-state index in [1.54, 1.807) is 7.11 Å². The first-order chi connectivity index (χ1) is 11.1. The quantitative estimate of drug-likeness (QED) is 0.413. The van der Waals surface area contributed by atoms with Crippen LogP contribution in [0.15, 0.2) is 29.3 Å². The summed E-state index contributed by atoms with van der Waals surface area (Å²) in [4.78, 5) is 6.73. The van der Waals surface area contributed by atoms with E-state index in [-0.39, 0.29) is 24.0 Å². The summed E-state index contributed by atoms with van der Waals surface area (Å²) in [6.45, 7) is 7.71. The van der Waals surface area contributed by atoms with E-state index in [1.807, 2.05) is 24.3 Å². The third-order valence-electron chi connectivity index (χ3n) is 4.27. The van der Waals surface area contributed by atoms with E-state index in [4.69, 9.17) is 15.2 Å². The molecule has 1 aliphatic rings. The first-order valence-corrected chi connectivity index (χ1v) is 8.40. The first-order valence-electron chi connectivity index (χ1n) is 8.40. The summed E-state index contributed by atoms with van der Waals surface area (Å²) in [5.74, 6) is 3.28. The number of para-hydroxylation sites is 2. The zero-order valence-electron chi connectivity index (χ0n) is 14.9. The van der Waals surface area contributed by atoms with Gasteiger partial charge in [-0.2, -0.15) is 0 Å². The lowest BCUT2D eigenvalue weighted by Crippen LogP contribution is -2.42. The Morgan fingerprint density at radius 3 is 2.54 bits per heavy atom. The Morgan fingerprint density at radius 1 is 1.29 bits per heavy atom. The lowest BCUT2D eigenvalue weighted by molar-refractivity contribution is 0.249. The number of hydrogen-bond donors (Lipinski definition) is 1. The minimum Gasteiger partial charge on any atom is -0.493 e. The van der Waals surface area contributed by atoms with Gasteiger partial charge in [0.25, 0.3) is 0 Å². The maximum Gasteiger partial charge on any atom is 0.191 e. The van der Waals surface area contributed by atoms with Crippen molar-refractivity contribution in [2.75, 3.05) is 33.4 Å². The van der Waals surface area contributed by atoms with E-state index < -0.39 is 0 Å². The lowest BCUT2D eigenvalue weighted by Gasteiger charge is -2.31. The highest BCUT2D eigenvalue weighted by atomic mass is 127. The molecule has 1 aliphatic heterocycles. The van der Waals surface area contributed by atoms with Crippen LogP contribution in [0.4, 0.5) is 0 Å². The molecule has 0 aliphatic carbocycles. The molecule has 0 aromatic heterocycles. The van der Waals surface area contributed by atoms with Crippen LogP contribution in [0.5, 0.6) is 11.5 Å². The van der Waals surface area contributed by atoms with Gasteiger partial charge in [0.15, 0.2) is 17.5 Å². The minimum atomic E-state index is 0. The van der Waals surface area contributed by atoms with E-state index in [2.05, 4.69) is 23.7 Å². The second-order valence-corrected chi connectivity index (χ2v) is 6.44. The van der Waals surface area contributed by atoms with Gasteiger partial charge in [-0.3, -0.25) is 4.99 Å². The van der Waals surface area contributed by atoms with Crippen molar-refractivity contribution in [3.8, 4) is 11.5 Å². The molecule has 2 rings (SSSR count). The number of guanidine groups is 1. The van der Waals surface area contributed by atoms with Gasteiger partial charge in [0.1, 0.15) is 0 Å². The Balaban J connectivity index is 0.00000288. The highest BCUT2D eigenvalue weighted by molar-refractivity contribution is 14.0. The Kier molecular flexibility index (Phi) is 9.25. The van der Waals surface area contributed by atoms with Crippen molar-refractivity contribution >= 4 is 29.9 Å². The van der Waals surface area contributed by atoms with E-state index in [0.717, 1.165) is 30.5 Å². The first kappa shape index (κ1) is 20.9. The van der Waals surface area contributed by atoms with Gasteiger partial charge in [0.05, 0.1) is 13.7 Å². The monoisotopic (exact) mass is 447 g/mol. The molecule has 0 amide bonds. The number of likely N-dealkylation sites (tertiary alicyclic amines) is 1. The molecule has 1 atom stereocenters. The Bertz CT molecular complexity index is 517. The largest absolute Gasteiger partial charge is 0.493 e. The molecule has 0 spiro atoms. The van der Waals surface area contributed by atoms with E-state index in [1.165, 1.54) is 12.8 Å². The number of nitrogens with two attached hydrogens (primary N) is 1. The van der Waals surface area contributed by atoms with Crippen molar-refractivity contribution in [1.82, 2.24) is 4.90 Å². The summed E-state index contributed by atoms with van der Waals surface area (Å²) in [5, 5.41) is 0. The number of hydrogen-bond acceptors (Lipinski definition) is 3. The Hall–Kier alpha value is -1.18. The van der Waals surface area contributed by atoms with E-state index in [9.17, 15) is 0 Å². The van der Waals surface area contributed by atoms with Crippen molar-refractivity contribution in [1.29, 1.82) is 0 Å². The summed E-state index contributed by atoms with van der Waals surface area (Å²) in [7, 11) is 1.65. The van der Waals surface area contributed by atoms with Gasteiger partial charge in [0, 0.05) is 25.6 Å². The van der Waals surface area contributed by atoms with Crippen molar-refractivity contribution in [2.45, 2.75) is 26.7 Å². The molecule has 1 aromatic carbocycles. The third-order valence-corrected chi connectivity index (χ3v) is 4.27. The van der Waals surface area contributed by atoms with Gasteiger partial charge in [-0.15, -0.1) is 24.0 Å². The van der Waals surface area contributed by atoms with Crippen LogP contribution < -0.4 is 15.2 Å². The van der Waals surface area contributed by atoms with Crippen molar-refractivity contribution in [3.05, 3.63) is 24.3 Å². The molecule has 0 saturated carbocycles. The molecule has 1 aromatic rings. The molecule has 136 valence electrons. The molecule has 1 fully saturated rings. The number of aliphatic imine (C=N–C) groups is 1. The van der Waals surface area contributed by atoms with Crippen LogP contribution in [0.25, 0.3) is 0 Å². The molecule has 1 unspecified atom stereocenters. The molecule has 6 heteroatoms. The smallest absolute Gasteiger partial charge is 0.191 e. The fourth-order valence-corrected chi connectivity index (χ4v) is 2.61. The van der Waals surface area contributed by atoms with Gasteiger partial charge in [0.2, 0.25) is 0 Å². The number of halogens is 1. The van der Waals surface area contributed by atoms with Gasteiger partial charge in [-0.05, 0) is 30.9 Å². The van der Waals surface area contributed by atoms with Crippen LogP contribution in [-0.4, -0.2) is 44.2 Å². The standard InChI is InChI=1S/C18H29N3O2.HI/c1-14-8-10-21(11-9-14)18(19)20-12-15(2)13-23-17-7-5-4-6-16(17)22-3;/h4-7,14-15H,8-13H2,1-3H3,(H2,19,20);1H. The molecule has 0 bridgehead atoms. The molecular formula is C18H30IN3O2. The normalized spacial score (nSPS) is 17.1. The Labute approximate surface area is 162 Å². The minimum absolute atomic E-state index is 0. The van der Waals surface area contributed by atoms with Crippen LogP contribution >= 0.6 is 24.0 Å². The predicted octanol–water partition coefficient (Wildman–Crippen LogP) is 3.37. The highest BCUT2D eigenvalue weighted by Gasteiger charge is 2.17. The molecular weight excluding hydrogens is 417 g/mol. The molecule has 24 heavy (non-hydrogen) atoms. The fraction of sp³-hybridized carbons (Fsp3) is 0.611. The van der Waals surface area contributed by atoms with Gasteiger partial charge in [-0.1, -0.05) is 26.0 Å². The van der Waals surface area contributed by atoms with Crippen LogP contribution in [0.1, 0.15) is 26.7 Å². The van der Waals surface area contributed by atoms with E-state index in [0.29, 0.717) is 25.0 Å². The summed E-state index contributed by atoms with van der Waals surface area (Å²) in [6, 6.07) is 7.68. The number of ether oxygens (including phenoxy) is 2. The number of benzene rings is 1. The van der Waals surface area contributed by atoms with Crippen LogP contribution in [0, 0.1) is 11.8 Å². The summed E-state index contributed by atoms with van der Waals surface area (Å²) in [6.07, 6.45) is 2.39. The van der Waals surface area contributed by atoms with Crippen molar-refractivity contribution in [3.63, 3.8) is 0 Å². The number of rotatable bonds is 6. The summed E-state index contributed by atoms with van der Waals surface area (Å²) < 4.78 is 11.1. The Morgan fingerprint density at radius 2 is 1.92 bits per heavy atom. The zero-order chi connectivity index (χ0) is 16.7. The van der Waals surface area contributed by atoms with Gasteiger partial charge >= 0.3 is 0 Å². The highest BCUT2D eigenvalue weighted by Crippen LogP contribution is 2.26. The molecule has 1 saturated heterocycles. The molecule has 0 radical (unpaired) electrons. The molecule has 2 N–H and O–H groups in total. The van der Waals surface area contributed by atoms with Gasteiger partial charge in [-0.25, -0.2) is 0 Å². The SMILES string of the molecule is COc1ccccc1OCC(C)CN=C(N)N1CCC(C)CC1.I. The maximum absolute atomic E-state index is 6.11. The summed E-state index contributed by atoms with van der Waals surface area (Å²) in [5.41, 5.74) is 6.11. The third kappa shape index (κ3) is 6.37. The fourth-order valence-electron chi connectivity index (χ4n) is 2.61. The molecule has 5 nitrogen and oxygen atoms in total. The molecule has 1 heterocycles. The number of nitrogens with zero attached hydrogens (tertiary/aromatic N) is 2. The summed E-state index contributed by atoms with van der Waals surface area (Å²) >= 11 is 0. The van der Waals surface area contributed by atoms with Crippen molar-refractivity contribution < 1.29 is 9.47 Å². The van der Waals surface area contributed by atoms with Gasteiger partial charge < -0.3 is 20.1 Å². The van der Waals surface area contributed by atoms with Crippen LogP contribution in [0.2, 0.25) is 0 Å². The number of piperidine rings is 1. The van der Waals surface area contributed by atoms with Crippen LogP contribution in [-0.2, 0) is 0 Å². The zero-order valence-corrected chi connectivity index (χ0v) is 17.2. The average molecular weight is 447 g/mol. The topological polar surface area (TPSA) is 60.1 Å².